The van der Waals surface area contributed by atoms with Gasteiger partial charge in [0.15, 0.2) is 0 Å². The van der Waals surface area contributed by atoms with E-state index in [9.17, 15) is 0 Å². The molecule has 1 aromatic carbocycles. The van der Waals surface area contributed by atoms with Crippen molar-refractivity contribution in [2.75, 3.05) is 13.1 Å². The highest BCUT2D eigenvalue weighted by Crippen LogP contribution is 2.40. The maximum atomic E-state index is 5.51. The van der Waals surface area contributed by atoms with Crippen molar-refractivity contribution < 1.29 is 0 Å². The fourth-order valence-electron chi connectivity index (χ4n) is 2.01. The second-order valence-corrected chi connectivity index (χ2v) is 4.32. The zero-order valence-corrected chi connectivity index (χ0v) is 9.15. The molecule has 1 aliphatic rings. The molecule has 0 aromatic heterocycles. The highest BCUT2D eigenvalue weighted by atomic mass is 14.9. The average molecular weight is 204 g/mol. The number of hydrogen-bond acceptors (Lipinski definition) is 2. The molecule has 1 aliphatic carbocycles. The number of nitrogens with two attached hydrogens (primary N) is 1. The lowest BCUT2D eigenvalue weighted by Crippen LogP contribution is -2.25. The van der Waals surface area contributed by atoms with Gasteiger partial charge in [0.2, 0.25) is 0 Å². The van der Waals surface area contributed by atoms with Crippen LogP contribution in [0.4, 0.5) is 0 Å². The van der Waals surface area contributed by atoms with Crippen molar-refractivity contribution in [3.05, 3.63) is 35.9 Å². The van der Waals surface area contributed by atoms with Crippen molar-refractivity contribution in [1.29, 1.82) is 0 Å². The van der Waals surface area contributed by atoms with Gasteiger partial charge < -0.3 is 11.1 Å². The second-order valence-electron chi connectivity index (χ2n) is 4.32. The van der Waals surface area contributed by atoms with Crippen LogP contribution in [0.5, 0.6) is 0 Å². The zero-order chi connectivity index (χ0) is 10.5. The summed E-state index contributed by atoms with van der Waals surface area (Å²) in [6.45, 7) is 1.81. The van der Waals surface area contributed by atoms with Gasteiger partial charge in [-0.15, -0.1) is 0 Å². The average Bonchev–Trinajstić information content (AvgIpc) is 3.10. The van der Waals surface area contributed by atoms with Crippen molar-refractivity contribution in [3.8, 4) is 0 Å². The highest BCUT2D eigenvalue weighted by Gasteiger charge is 2.31. The van der Waals surface area contributed by atoms with E-state index in [-0.39, 0.29) is 0 Å². The van der Waals surface area contributed by atoms with Crippen LogP contribution in [0.3, 0.4) is 0 Å². The number of benzene rings is 1. The van der Waals surface area contributed by atoms with Gasteiger partial charge in [0.05, 0.1) is 0 Å². The Bertz CT molecular complexity index is 280. The molecule has 1 saturated carbocycles. The van der Waals surface area contributed by atoms with Crippen molar-refractivity contribution in [1.82, 2.24) is 5.32 Å². The van der Waals surface area contributed by atoms with Gasteiger partial charge in [-0.1, -0.05) is 30.3 Å². The first-order chi connectivity index (χ1) is 7.42. The Kier molecular flexibility index (Phi) is 3.75. The monoisotopic (exact) mass is 204 g/mol. The Morgan fingerprint density at radius 3 is 2.60 bits per heavy atom. The van der Waals surface area contributed by atoms with Crippen LogP contribution in [0, 0.1) is 5.92 Å². The summed E-state index contributed by atoms with van der Waals surface area (Å²) in [6.07, 6.45) is 3.81. The molecule has 1 unspecified atom stereocenters. The molecule has 2 rings (SSSR count). The van der Waals surface area contributed by atoms with Gasteiger partial charge >= 0.3 is 0 Å². The van der Waals surface area contributed by atoms with Crippen LogP contribution in [-0.4, -0.2) is 13.1 Å². The highest BCUT2D eigenvalue weighted by molar-refractivity contribution is 5.21. The van der Waals surface area contributed by atoms with Gasteiger partial charge in [0, 0.05) is 6.04 Å². The first-order valence-electron chi connectivity index (χ1n) is 5.90. The van der Waals surface area contributed by atoms with Crippen LogP contribution in [0.1, 0.15) is 30.9 Å². The SMILES string of the molecule is NCCCNC(c1ccccc1)C1CC1. The van der Waals surface area contributed by atoms with Crippen molar-refractivity contribution in [2.24, 2.45) is 11.7 Å². The fourth-order valence-corrected chi connectivity index (χ4v) is 2.01. The van der Waals surface area contributed by atoms with Crippen LogP contribution in [-0.2, 0) is 0 Å². The molecule has 15 heavy (non-hydrogen) atoms. The van der Waals surface area contributed by atoms with E-state index in [1.807, 2.05) is 0 Å². The van der Waals surface area contributed by atoms with Gasteiger partial charge in [0.1, 0.15) is 0 Å². The molecule has 2 nitrogen and oxygen atoms in total. The van der Waals surface area contributed by atoms with Crippen LogP contribution < -0.4 is 11.1 Å². The lowest BCUT2D eigenvalue weighted by Gasteiger charge is -2.18. The molecule has 1 aromatic rings. The van der Waals surface area contributed by atoms with Gasteiger partial charge in [-0.25, -0.2) is 0 Å². The molecule has 0 bridgehead atoms. The maximum absolute atomic E-state index is 5.51. The molecule has 0 heterocycles. The first-order valence-corrected chi connectivity index (χ1v) is 5.90. The minimum atomic E-state index is 0.553. The Morgan fingerprint density at radius 1 is 1.27 bits per heavy atom. The number of rotatable bonds is 6. The molecule has 0 amide bonds. The molecule has 0 spiro atoms. The van der Waals surface area contributed by atoms with Crippen LogP contribution >= 0.6 is 0 Å². The van der Waals surface area contributed by atoms with E-state index in [1.54, 1.807) is 0 Å². The molecule has 3 N–H and O–H groups in total. The molecule has 0 aliphatic heterocycles. The molecule has 1 atom stereocenters. The zero-order valence-electron chi connectivity index (χ0n) is 9.15. The van der Waals surface area contributed by atoms with Gasteiger partial charge in [-0.3, -0.25) is 0 Å². The summed E-state index contributed by atoms with van der Waals surface area (Å²) in [6, 6.07) is 11.3. The third-order valence-corrected chi connectivity index (χ3v) is 3.00. The molecule has 0 saturated heterocycles. The lowest BCUT2D eigenvalue weighted by atomic mass is 10.0. The van der Waals surface area contributed by atoms with E-state index in [1.165, 1.54) is 18.4 Å². The molecule has 0 radical (unpaired) electrons. The molecule has 1 fully saturated rings. The summed E-state index contributed by atoms with van der Waals surface area (Å²) in [5.74, 6) is 0.852. The summed E-state index contributed by atoms with van der Waals surface area (Å²) in [5.41, 5.74) is 6.93. The van der Waals surface area contributed by atoms with E-state index < -0.39 is 0 Å². The van der Waals surface area contributed by atoms with E-state index in [2.05, 4.69) is 35.6 Å². The van der Waals surface area contributed by atoms with Crippen molar-refractivity contribution >= 4 is 0 Å². The van der Waals surface area contributed by atoms with E-state index in [0.717, 1.165) is 25.4 Å². The largest absolute Gasteiger partial charge is 0.330 e. The Hall–Kier alpha value is -0.860. The standard InChI is InChI=1S/C13H20N2/c14-9-4-10-15-13(12-7-8-12)11-5-2-1-3-6-11/h1-3,5-6,12-13,15H,4,7-10,14H2. The third kappa shape index (κ3) is 3.05. The van der Waals surface area contributed by atoms with Gasteiger partial charge in [0.25, 0.3) is 0 Å². The van der Waals surface area contributed by atoms with Gasteiger partial charge in [-0.2, -0.15) is 0 Å². The predicted molar refractivity (Wildman–Crippen MR) is 63.6 cm³/mol. The minimum Gasteiger partial charge on any atom is -0.330 e. The molecule has 82 valence electrons. The summed E-state index contributed by atoms with van der Waals surface area (Å²) >= 11 is 0. The van der Waals surface area contributed by atoms with Crippen molar-refractivity contribution in [2.45, 2.75) is 25.3 Å². The summed E-state index contributed by atoms with van der Waals surface area (Å²) < 4.78 is 0. The molecular weight excluding hydrogens is 184 g/mol. The fraction of sp³-hybridized carbons (Fsp3) is 0.538. The number of hydrogen-bond donors (Lipinski definition) is 2. The number of nitrogens with one attached hydrogen (secondary N) is 1. The molecule has 2 heteroatoms. The Labute approximate surface area is 91.9 Å². The summed E-state index contributed by atoms with van der Waals surface area (Å²) in [4.78, 5) is 0. The minimum absolute atomic E-state index is 0.553. The smallest absolute Gasteiger partial charge is 0.0348 e. The van der Waals surface area contributed by atoms with Crippen LogP contribution in [0.2, 0.25) is 0 Å². The second kappa shape index (κ2) is 5.29. The third-order valence-electron chi connectivity index (χ3n) is 3.00. The lowest BCUT2D eigenvalue weighted by molar-refractivity contribution is 0.477. The van der Waals surface area contributed by atoms with Gasteiger partial charge in [-0.05, 0) is 43.8 Å². The molecular formula is C13H20N2. The van der Waals surface area contributed by atoms with E-state index in [4.69, 9.17) is 5.73 Å². The summed E-state index contributed by atoms with van der Waals surface area (Å²) in [5, 5.41) is 3.62. The van der Waals surface area contributed by atoms with Crippen LogP contribution in [0.15, 0.2) is 30.3 Å². The summed E-state index contributed by atoms with van der Waals surface area (Å²) in [7, 11) is 0. The van der Waals surface area contributed by atoms with E-state index >= 15 is 0 Å². The normalized spacial score (nSPS) is 17.7. The topological polar surface area (TPSA) is 38.0 Å². The van der Waals surface area contributed by atoms with Crippen LogP contribution in [0.25, 0.3) is 0 Å². The first kappa shape index (κ1) is 10.7. The van der Waals surface area contributed by atoms with Crippen molar-refractivity contribution in [3.63, 3.8) is 0 Å². The predicted octanol–water partition coefficient (Wildman–Crippen LogP) is 2.08. The quantitative estimate of drug-likeness (QED) is 0.696. The Balaban J connectivity index is 1.94. The Morgan fingerprint density at radius 2 is 2.00 bits per heavy atom. The van der Waals surface area contributed by atoms with E-state index in [0.29, 0.717) is 6.04 Å². The maximum Gasteiger partial charge on any atom is 0.0348 e.